The van der Waals surface area contributed by atoms with Crippen molar-refractivity contribution in [2.45, 2.75) is 20.3 Å². The van der Waals surface area contributed by atoms with Crippen LogP contribution < -0.4 is 14.8 Å². The van der Waals surface area contributed by atoms with Crippen LogP contribution >= 0.6 is 0 Å². The van der Waals surface area contributed by atoms with Crippen LogP contribution in [0.3, 0.4) is 0 Å². The first-order valence-corrected chi connectivity index (χ1v) is 8.48. The zero-order valence-corrected chi connectivity index (χ0v) is 15.5. The number of benzene rings is 1. The summed E-state index contributed by atoms with van der Waals surface area (Å²) >= 11 is 0. The quantitative estimate of drug-likeness (QED) is 0.740. The molecular weight excluding hydrogens is 330 g/mol. The molecule has 0 atom stereocenters. The molecule has 0 bridgehead atoms. The number of aromatic nitrogens is 2. The molecule has 0 unspecified atom stereocenters. The molecule has 1 N–H and O–H groups in total. The van der Waals surface area contributed by atoms with Crippen molar-refractivity contribution >= 4 is 11.6 Å². The van der Waals surface area contributed by atoms with E-state index in [0.717, 1.165) is 22.5 Å². The van der Waals surface area contributed by atoms with Gasteiger partial charge in [0.25, 0.3) is 5.91 Å². The molecule has 2 heterocycles. The molecule has 136 valence electrons. The number of hydrogen-bond donors (Lipinski definition) is 1. The number of hydrogen-bond acceptors (Lipinski definition) is 4. The molecular formula is C20H23N3O3. The molecule has 26 heavy (non-hydrogen) atoms. The Morgan fingerprint density at radius 3 is 2.62 bits per heavy atom. The van der Waals surface area contributed by atoms with Crippen molar-refractivity contribution in [2.75, 3.05) is 20.8 Å². The van der Waals surface area contributed by atoms with Crippen LogP contribution in [0, 0.1) is 13.8 Å². The first kappa shape index (κ1) is 17.8. The minimum absolute atomic E-state index is 0.124. The summed E-state index contributed by atoms with van der Waals surface area (Å²) in [5.74, 6) is 1.25. The van der Waals surface area contributed by atoms with E-state index in [-0.39, 0.29) is 5.91 Å². The predicted octanol–water partition coefficient (Wildman–Crippen LogP) is 2.94. The molecule has 1 amide bonds. The summed E-state index contributed by atoms with van der Waals surface area (Å²) in [4.78, 5) is 17.1. The Morgan fingerprint density at radius 2 is 1.88 bits per heavy atom. The molecule has 0 aliphatic rings. The first-order valence-electron chi connectivity index (χ1n) is 8.48. The molecule has 0 fully saturated rings. The Balaban J connectivity index is 1.70. The predicted molar refractivity (Wildman–Crippen MR) is 100 cm³/mol. The van der Waals surface area contributed by atoms with Crippen LogP contribution in [0.1, 0.15) is 27.3 Å². The Labute approximate surface area is 152 Å². The lowest BCUT2D eigenvalue weighted by atomic mass is 10.1. The lowest BCUT2D eigenvalue weighted by molar-refractivity contribution is 0.0947. The number of rotatable bonds is 6. The van der Waals surface area contributed by atoms with Gasteiger partial charge < -0.3 is 14.8 Å². The minimum Gasteiger partial charge on any atom is -0.493 e. The minimum atomic E-state index is -0.124. The molecule has 0 aliphatic heterocycles. The van der Waals surface area contributed by atoms with Crippen molar-refractivity contribution in [3.05, 3.63) is 59.0 Å². The molecule has 3 aromatic rings. The molecule has 6 heteroatoms. The normalized spacial score (nSPS) is 10.8. The third-order valence-corrected chi connectivity index (χ3v) is 4.30. The fourth-order valence-corrected chi connectivity index (χ4v) is 2.98. The van der Waals surface area contributed by atoms with Crippen molar-refractivity contribution < 1.29 is 14.3 Å². The van der Waals surface area contributed by atoms with Gasteiger partial charge in [0.05, 0.1) is 19.9 Å². The molecule has 3 rings (SSSR count). The highest BCUT2D eigenvalue weighted by Gasteiger charge is 2.16. The number of amides is 1. The summed E-state index contributed by atoms with van der Waals surface area (Å²) in [5, 5.41) is 2.98. The van der Waals surface area contributed by atoms with Crippen LogP contribution in [-0.4, -0.2) is 36.1 Å². The van der Waals surface area contributed by atoms with E-state index in [9.17, 15) is 4.79 Å². The highest BCUT2D eigenvalue weighted by Crippen LogP contribution is 2.27. The maximum absolute atomic E-state index is 12.6. The summed E-state index contributed by atoms with van der Waals surface area (Å²) in [7, 11) is 3.22. The van der Waals surface area contributed by atoms with Crippen LogP contribution in [0.2, 0.25) is 0 Å². The Bertz CT molecular complexity index is 947. The number of pyridine rings is 1. The average Bonchev–Trinajstić information content (AvgIpc) is 2.96. The largest absolute Gasteiger partial charge is 0.493 e. The van der Waals surface area contributed by atoms with E-state index in [0.29, 0.717) is 30.2 Å². The van der Waals surface area contributed by atoms with Crippen molar-refractivity contribution in [3.8, 4) is 11.5 Å². The molecule has 0 saturated heterocycles. The molecule has 2 aromatic heterocycles. The summed E-state index contributed by atoms with van der Waals surface area (Å²) in [6, 6.07) is 9.67. The number of nitrogens with one attached hydrogen (secondary N) is 1. The van der Waals surface area contributed by atoms with E-state index in [4.69, 9.17) is 9.47 Å². The van der Waals surface area contributed by atoms with Gasteiger partial charge in [-0.15, -0.1) is 0 Å². The van der Waals surface area contributed by atoms with Gasteiger partial charge in [-0.25, -0.2) is 4.98 Å². The summed E-state index contributed by atoms with van der Waals surface area (Å²) in [5.41, 5.74) is 4.22. The standard InChI is InChI=1S/C20H23N3O3/c1-13-5-8-18-22-14(2)19(23(18)12-13)20(24)21-10-9-15-6-7-16(25-3)17(11-15)26-4/h5-8,11-12H,9-10H2,1-4H3,(H,21,24). The van der Waals surface area contributed by atoms with Crippen LogP contribution in [0.4, 0.5) is 0 Å². The van der Waals surface area contributed by atoms with Crippen molar-refractivity contribution in [1.82, 2.24) is 14.7 Å². The number of carbonyl (C=O) groups excluding carboxylic acids is 1. The Morgan fingerprint density at radius 1 is 1.12 bits per heavy atom. The van der Waals surface area contributed by atoms with Gasteiger partial charge in [-0.3, -0.25) is 9.20 Å². The smallest absolute Gasteiger partial charge is 0.270 e. The Kier molecular flexibility index (Phi) is 5.11. The van der Waals surface area contributed by atoms with E-state index in [2.05, 4.69) is 10.3 Å². The molecule has 1 aromatic carbocycles. The number of aryl methyl sites for hydroxylation is 2. The number of ether oxygens (including phenoxy) is 2. The first-order chi connectivity index (χ1) is 12.5. The van der Waals surface area contributed by atoms with Gasteiger partial charge in [0, 0.05) is 12.7 Å². The number of imidazole rings is 1. The second-order valence-electron chi connectivity index (χ2n) is 6.18. The number of carbonyl (C=O) groups is 1. The van der Waals surface area contributed by atoms with Gasteiger partial charge in [-0.05, 0) is 49.6 Å². The average molecular weight is 353 g/mol. The van der Waals surface area contributed by atoms with Crippen molar-refractivity contribution in [1.29, 1.82) is 0 Å². The van der Waals surface area contributed by atoms with E-state index >= 15 is 0 Å². The van der Waals surface area contributed by atoms with Crippen LogP contribution in [0.5, 0.6) is 11.5 Å². The van der Waals surface area contributed by atoms with Gasteiger partial charge in [0.15, 0.2) is 11.5 Å². The highest BCUT2D eigenvalue weighted by atomic mass is 16.5. The second-order valence-corrected chi connectivity index (χ2v) is 6.18. The Hall–Kier alpha value is -3.02. The molecule has 0 aliphatic carbocycles. The fraction of sp³-hybridized carbons (Fsp3) is 0.300. The number of nitrogens with zero attached hydrogens (tertiary/aromatic N) is 2. The maximum atomic E-state index is 12.6. The molecule has 6 nitrogen and oxygen atoms in total. The maximum Gasteiger partial charge on any atom is 0.270 e. The van der Waals surface area contributed by atoms with E-state index in [1.807, 2.05) is 54.8 Å². The lowest BCUT2D eigenvalue weighted by Gasteiger charge is -2.10. The van der Waals surface area contributed by atoms with E-state index < -0.39 is 0 Å². The van der Waals surface area contributed by atoms with Crippen LogP contribution in [0.15, 0.2) is 36.5 Å². The second kappa shape index (κ2) is 7.47. The monoisotopic (exact) mass is 353 g/mol. The van der Waals surface area contributed by atoms with Gasteiger partial charge in [-0.1, -0.05) is 12.1 Å². The highest BCUT2D eigenvalue weighted by molar-refractivity contribution is 5.94. The van der Waals surface area contributed by atoms with E-state index in [1.165, 1.54) is 0 Å². The topological polar surface area (TPSA) is 64.9 Å². The van der Waals surface area contributed by atoms with Crippen molar-refractivity contribution in [3.63, 3.8) is 0 Å². The fourth-order valence-electron chi connectivity index (χ4n) is 2.98. The number of methoxy groups -OCH3 is 2. The van der Waals surface area contributed by atoms with Gasteiger partial charge >= 0.3 is 0 Å². The zero-order chi connectivity index (χ0) is 18.7. The third-order valence-electron chi connectivity index (χ3n) is 4.30. The summed E-state index contributed by atoms with van der Waals surface area (Å²) in [6.45, 7) is 4.37. The van der Waals surface area contributed by atoms with Gasteiger partial charge in [-0.2, -0.15) is 0 Å². The SMILES string of the molecule is COc1ccc(CCNC(=O)c2c(C)nc3ccc(C)cn23)cc1OC. The van der Waals surface area contributed by atoms with E-state index in [1.54, 1.807) is 14.2 Å². The zero-order valence-electron chi connectivity index (χ0n) is 15.5. The number of fused-ring (bicyclic) bond motifs is 1. The third kappa shape index (κ3) is 3.49. The molecule has 0 saturated carbocycles. The van der Waals surface area contributed by atoms with Crippen LogP contribution in [-0.2, 0) is 6.42 Å². The van der Waals surface area contributed by atoms with Gasteiger partial charge in [0.1, 0.15) is 11.3 Å². The van der Waals surface area contributed by atoms with Gasteiger partial charge in [0.2, 0.25) is 0 Å². The summed E-state index contributed by atoms with van der Waals surface area (Å²) < 4.78 is 12.4. The lowest BCUT2D eigenvalue weighted by Crippen LogP contribution is -2.27. The van der Waals surface area contributed by atoms with Crippen LogP contribution in [0.25, 0.3) is 5.65 Å². The molecule has 0 radical (unpaired) electrons. The van der Waals surface area contributed by atoms with Crippen molar-refractivity contribution in [2.24, 2.45) is 0 Å². The molecule has 0 spiro atoms. The summed E-state index contributed by atoms with van der Waals surface area (Å²) in [6.07, 6.45) is 2.62.